The van der Waals surface area contributed by atoms with Crippen LogP contribution < -0.4 is 5.32 Å². The number of hydrogen-bond donors (Lipinski definition) is 1. The van der Waals surface area contributed by atoms with Gasteiger partial charge in [-0.25, -0.2) is 8.42 Å². The zero-order valence-corrected chi connectivity index (χ0v) is 13.2. The van der Waals surface area contributed by atoms with Crippen LogP contribution in [0.15, 0.2) is 30.3 Å². The van der Waals surface area contributed by atoms with Crippen LogP contribution in [0, 0.1) is 0 Å². The second-order valence-corrected chi connectivity index (χ2v) is 8.40. The minimum Gasteiger partial charge on any atom is -0.311 e. The normalized spacial score (nSPS) is 25.3. The largest absolute Gasteiger partial charge is 0.311 e. The van der Waals surface area contributed by atoms with Crippen molar-refractivity contribution in [3.05, 3.63) is 35.9 Å². The van der Waals surface area contributed by atoms with E-state index in [0.29, 0.717) is 12.1 Å². The molecule has 1 aromatic rings. The molecule has 1 fully saturated rings. The third-order valence-electron chi connectivity index (χ3n) is 4.14. The van der Waals surface area contributed by atoms with Gasteiger partial charge in [-0.2, -0.15) is 0 Å². The SMILES string of the molecule is CC(Cc1ccccc1)NC1CCCC(S(C)(=O)=O)C1. The highest BCUT2D eigenvalue weighted by Crippen LogP contribution is 2.24. The number of hydrogen-bond acceptors (Lipinski definition) is 3. The van der Waals surface area contributed by atoms with Crippen LogP contribution in [0.1, 0.15) is 38.2 Å². The van der Waals surface area contributed by atoms with Crippen molar-refractivity contribution in [1.29, 1.82) is 0 Å². The first kappa shape index (κ1) is 15.5. The highest BCUT2D eigenvalue weighted by atomic mass is 32.2. The van der Waals surface area contributed by atoms with E-state index in [1.54, 1.807) is 0 Å². The molecule has 0 bridgehead atoms. The molecule has 1 N–H and O–H groups in total. The third kappa shape index (κ3) is 4.60. The van der Waals surface area contributed by atoms with Crippen molar-refractivity contribution in [1.82, 2.24) is 5.32 Å². The van der Waals surface area contributed by atoms with E-state index < -0.39 is 9.84 Å². The summed E-state index contributed by atoms with van der Waals surface area (Å²) in [6.07, 6.45) is 6.04. The molecule has 3 unspecified atom stereocenters. The summed E-state index contributed by atoms with van der Waals surface area (Å²) in [5, 5.41) is 3.45. The number of nitrogens with one attached hydrogen (secondary N) is 1. The first-order valence-electron chi connectivity index (χ1n) is 7.44. The zero-order chi connectivity index (χ0) is 14.6. The molecule has 2 rings (SSSR count). The summed E-state index contributed by atoms with van der Waals surface area (Å²) in [5.74, 6) is 0. The average molecular weight is 295 g/mol. The van der Waals surface area contributed by atoms with Gasteiger partial charge in [-0.05, 0) is 38.2 Å². The Bertz CT molecular complexity index is 513. The van der Waals surface area contributed by atoms with Gasteiger partial charge in [0, 0.05) is 18.3 Å². The van der Waals surface area contributed by atoms with Crippen molar-refractivity contribution in [2.24, 2.45) is 0 Å². The van der Waals surface area contributed by atoms with Crippen molar-refractivity contribution >= 4 is 9.84 Å². The lowest BCUT2D eigenvalue weighted by Crippen LogP contribution is -2.43. The van der Waals surface area contributed by atoms with Gasteiger partial charge in [0.1, 0.15) is 9.84 Å². The number of sulfone groups is 1. The molecule has 0 spiro atoms. The minimum atomic E-state index is -2.89. The smallest absolute Gasteiger partial charge is 0.150 e. The summed E-state index contributed by atoms with van der Waals surface area (Å²) in [6.45, 7) is 2.18. The first-order chi connectivity index (χ1) is 9.45. The third-order valence-corrected chi connectivity index (χ3v) is 5.78. The fourth-order valence-electron chi connectivity index (χ4n) is 3.11. The molecule has 1 aliphatic rings. The van der Waals surface area contributed by atoms with E-state index in [1.807, 2.05) is 6.07 Å². The van der Waals surface area contributed by atoms with Crippen LogP contribution in [0.4, 0.5) is 0 Å². The van der Waals surface area contributed by atoms with Gasteiger partial charge >= 0.3 is 0 Å². The predicted molar refractivity (Wildman–Crippen MR) is 83.6 cm³/mol. The lowest BCUT2D eigenvalue weighted by molar-refractivity contribution is 0.342. The van der Waals surface area contributed by atoms with E-state index in [0.717, 1.165) is 32.1 Å². The molecule has 1 aliphatic carbocycles. The molecule has 0 radical (unpaired) electrons. The lowest BCUT2D eigenvalue weighted by Gasteiger charge is -2.31. The summed E-state index contributed by atoms with van der Waals surface area (Å²) >= 11 is 0. The van der Waals surface area contributed by atoms with Crippen LogP contribution in [0.5, 0.6) is 0 Å². The lowest BCUT2D eigenvalue weighted by atomic mass is 9.94. The molecule has 0 saturated heterocycles. The van der Waals surface area contributed by atoms with E-state index in [1.165, 1.54) is 11.8 Å². The summed E-state index contributed by atoms with van der Waals surface area (Å²) in [7, 11) is -2.89. The molecule has 4 heteroatoms. The quantitative estimate of drug-likeness (QED) is 0.908. The van der Waals surface area contributed by atoms with Gasteiger partial charge in [0.15, 0.2) is 0 Å². The van der Waals surface area contributed by atoms with Crippen LogP contribution in [0.3, 0.4) is 0 Å². The van der Waals surface area contributed by atoms with Crippen molar-refractivity contribution in [2.75, 3.05) is 6.26 Å². The standard InChI is InChI=1S/C16H25NO2S/c1-13(11-14-7-4-3-5-8-14)17-15-9-6-10-16(12-15)20(2,18)19/h3-5,7-8,13,15-17H,6,9-12H2,1-2H3. The Hall–Kier alpha value is -0.870. The molecular weight excluding hydrogens is 270 g/mol. The van der Waals surface area contributed by atoms with E-state index >= 15 is 0 Å². The van der Waals surface area contributed by atoms with Crippen LogP contribution in [0.2, 0.25) is 0 Å². The highest BCUT2D eigenvalue weighted by Gasteiger charge is 2.29. The van der Waals surface area contributed by atoms with Gasteiger partial charge in [0.05, 0.1) is 5.25 Å². The fraction of sp³-hybridized carbons (Fsp3) is 0.625. The number of rotatable bonds is 5. The Balaban J connectivity index is 1.86. The Labute approximate surface area is 122 Å². The molecule has 0 aliphatic heterocycles. The van der Waals surface area contributed by atoms with Gasteiger partial charge in [-0.1, -0.05) is 36.8 Å². The minimum absolute atomic E-state index is 0.155. The molecule has 3 nitrogen and oxygen atoms in total. The van der Waals surface area contributed by atoms with E-state index in [9.17, 15) is 8.42 Å². The second kappa shape index (κ2) is 6.72. The Morgan fingerprint density at radius 2 is 1.95 bits per heavy atom. The summed E-state index contributed by atoms with van der Waals surface area (Å²) in [5.41, 5.74) is 1.32. The molecule has 0 aromatic heterocycles. The maximum absolute atomic E-state index is 11.7. The van der Waals surface area contributed by atoms with Crippen molar-refractivity contribution in [2.45, 2.75) is 56.4 Å². The Morgan fingerprint density at radius 1 is 1.25 bits per heavy atom. The molecule has 0 heterocycles. The van der Waals surface area contributed by atoms with Gasteiger partial charge in [0.25, 0.3) is 0 Å². The summed E-state index contributed by atoms with van der Waals surface area (Å²) in [6, 6.07) is 11.1. The summed E-state index contributed by atoms with van der Waals surface area (Å²) < 4.78 is 23.4. The van der Waals surface area contributed by atoms with Crippen molar-refractivity contribution < 1.29 is 8.42 Å². The zero-order valence-electron chi connectivity index (χ0n) is 12.4. The van der Waals surface area contributed by atoms with Crippen molar-refractivity contribution in [3.8, 4) is 0 Å². The summed E-state index contributed by atoms with van der Waals surface area (Å²) in [4.78, 5) is 0. The first-order valence-corrected chi connectivity index (χ1v) is 9.39. The van der Waals surface area contributed by atoms with Crippen LogP contribution in [-0.2, 0) is 16.3 Å². The van der Waals surface area contributed by atoms with Gasteiger partial charge in [0.2, 0.25) is 0 Å². The van der Waals surface area contributed by atoms with Crippen LogP contribution in [-0.4, -0.2) is 32.0 Å². The average Bonchev–Trinajstić information content (AvgIpc) is 2.39. The molecule has 1 saturated carbocycles. The van der Waals surface area contributed by atoms with E-state index in [2.05, 4.69) is 36.5 Å². The van der Waals surface area contributed by atoms with Crippen LogP contribution >= 0.6 is 0 Å². The Morgan fingerprint density at radius 3 is 2.60 bits per heavy atom. The molecule has 1 aromatic carbocycles. The molecule has 112 valence electrons. The van der Waals surface area contributed by atoms with E-state index in [4.69, 9.17) is 0 Å². The molecule has 3 atom stereocenters. The van der Waals surface area contributed by atoms with Gasteiger partial charge in [-0.15, -0.1) is 0 Å². The van der Waals surface area contributed by atoms with Crippen molar-refractivity contribution in [3.63, 3.8) is 0 Å². The fourth-order valence-corrected chi connectivity index (χ4v) is 4.29. The number of benzene rings is 1. The molecule has 0 amide bonds. The highest BCUT2D eigenvalue weighted by molar-refractivity contribution is 7.91. The topological polar surface area (TPSA) is 46.2 Å². The molecular formula is C16H25NO2S. The van der Waals surface area contributed by atoms with Gasteiger partial charge in [-0.3, -0.25) is 0 Å². The maximum atomic E-state index is 11.7. The van der Waals surface area contributed by atoms with E-state index in [-0.39, 0.29) is 5.25 Å². The predicted octanol–water partition coefficient (Wildman–Crippen LogP) is 2.56. The molecule has 20 heavy (non-hydrogen) atoms. The van der Waals surface area contributed by atoms with Gasteiger partial charge < -0.3 is 5.32 Å². The maximum Gasteiger partial charge on any atom is 0.150 e. The Kier molecular flexibility index (Phi) is 5.22. The second-order valence-electron chi connectivity index (χ2n) is 6.07. The monoisotopic (exact) mass is 295 g/mol. The van der Waals surface area contributed by atoms with Crippen LogP contribution in [0.25, 0.3) is 0 Å².